The molecule has 0 spiro atoms. The molecule has 1 rings (SSSR count). The lowest BCUT2D eigenvalue weighted by atomic mass is 10.1. The van der Waals surface area contributed by atoms with E-state index in [4.69, 9.17) is 4.74 Å². The first-order chi connectivity index (χ1) is 7.25. The Morgan fingerprint density at radius 1 is 1.40 bits per heavy atom. The van der Waals surface area contributed by atoms with E-state index in [1.165, 1.54) is 25.8 Å². The van der Waals surface area contributed by atoms with Gasteiger partial charge >= 0.3 is 0 Å². The van der Waals surface area contributed by atoms with E-state index in [0.29, 0.717) is 12.1 Å². The van der Waals surface area contributed by atoms with Gasteiger partial charge < -0.3 is 10.1 Å². The van der Waals surface area contributed by atoms with Gasteiger partial charge in [-0.1, -0.05) is 6.42 Å². The van der Waals surface area contributed by atoms with Gasteiger partial charge in [0.2, 0.25) is 0 Å². The van der Waals surface area contributed by atoms with Crippen molar-refractivity contribution in [1.29, 1.82) is 0 Å². The van der Waals surface area contributed by atoms with Crippen LogP contribution >= 0.6 is 0 Å². The summed E-state index contributed by atoms with van der Waals surface area (Å²) >= 11 is 0. The van der Waals surface area contributed by atoms with Crippen LogP contribution in [0.25, 0.3) is 0 Å². The summed E-state index contributed by atoms with van der Waals surface area (Å²) in [5.41, 5.74) is 0. The summed E-state index contributed by atoms with van der Waals surface area (Å²) in [7, 11) is 1.78. The van der Waals surface area contributed by atoms with E-state index in [9.17, 15) is 0 Å². The van der Waals surface area contributed by atoms with Crippen LogP contribution in [0.5, 0.6) is 0 Å². The van der Waals surface area contributed by atoms with E-state index in [0.717, 1.165) is 19.7 Å². The highest BCUT2D eigenvalue weighted by atomic mass is 16.5. The molecule has 1 N–H and O–H groups in total. The molecule has 0 aliphatic carbocycles. The third-order valence-corrected chi connectivity index (χ3v) is 3.21. The van der Waals surface area contributed by atoms with Gasteiger partial charge in [-0.15, -0.1) is 0 Å². The van der Waals surface area contributed by atoms with Gasteiger partial charge in [0.25, 0.3) is 0 Å². The van der Waals surface area contributed by atoms with Crippen molar-refractivity contribution < 1.29 is 4.74 Å². The molecule has 0 aromatic heterocycles. The summed E-state index contributed by atoms with van der Waals surface area (Å²) < 4.78 is 5.18. The van der Waals surface area contributed by atoms with E-state index in [-0.39, 0.29) is 0 Å². The van der Waals surface area contributed by atoms with Crippen molar-refractivity contribution in [2.24, 2.45) is 0 Å². The molecule has 0 bridgehead atoms. The van der Waals surface area contributed by atoms with Crippen molar-refractivity contribution in [3.63, 3.8) is 0 Å². The van der Waals surface area contributed by atoms with Crippen molar-refractivity contribution in [3.8, 4) is 0 Å². The number of hydrogen-bond donors (Lipinski definition) is 1. The van der Waals surface area contributed by atoms with Crippen molar-refractivity contribution in [3.05, 3.63) is 0 Å². The Labute approximate surface area is 94.2 Å². The van der Waals surface area contributed by atoms with Crippen LogP contribution in [0.2, 0.25) is 0 Å². The predicted molar refractivity (Wildman–Crippen MR) is 64.2 cm³/mol. The minimum Gasteiger partial charge on any atom is -0.383 e. The van der Waals surface area contributed by atoms with E-state index in [1.807, 2.05) is 0 Å². The summed E-state index contributed by atoms with van der Waals surface area (Å²) in [6, 6.07) is 1.31. The van der Waals surface area contributed by atoms with Gasteiger partial charge in [-0.05, 0) is 33.2 Å². The Hall–Kier alpha value is -0.120. The number of rotatable bonds is 5. The molecule has 90 valence electrons. The van der Waals surface area contributed by atoms with E-state index < -0.39 is 0 Å². The summed E-state index contributed by atoms with van der Waals surface area (Å²) in [5.74, 6) is 0. The Balaban J connectivity index is 2.44. The molecule has 15 heavy (non-hydrogen) atoms. The molecule has 1 atom stereocenters. The zero-order chi connectivity index (χ0) is 11.1. The molecule has 1 fully saturated rings. The normalized spacial score (nSPS) is 23.4. The maximum absolute atomic E-state index is 5.18. The smallest absolute Gasteiger partial charge is 0.0589 e. The van der Waals surface area contributed by atoms with Crippen molar-refractivity contribution in [2.45, 2.75) is 45.2 Å². The average Bonchev–Trinajstić information content (AvgIpc) is 2.47. The molecule has 0 aromatic carbocycles. The average molecular weight is 214 g/mol. The van der Waals surface area contributed by atoms with Gasteiger partial charge in [-0.25, -0.2) is 0 Å². The number of ether oxygens (including phenoxy) is 1. The van der Waals surface area contributed by atoms with Crippen LogP contribution in [-0.4, -0.2) is 50.3 Å². The first-order valence-electron chi connectivity index (χ1n) is 6.21. The fourth-order valence-electron chi connectivity index (χ4n) is 2.34. The van der Waals surface area contributed by atoms with E-state index in [1.54, 1.807) is 7.11 Å². The Morgan fingerprint density at radius 3 is 2.87 bits per heavy atom. The number of nitrogens with zero attached hydrogens (tertiary/aromatic N) is 1. The largest absolute Gasteiger partial charge is 0.383 e. The Kier molecular flexibility index (Phi) is 6.22. The van der Waals surface area contributed by atoms with Crippen LogP contribution in [0.3, 0.4) is 0 Å². The maximum Gasteiger partial charge on any atom is 0.0589 e. The van der Waals surface area contributed by atoms with Crippen molar-refractivity contribution in [2.75, 3.05) is 33.4 Å². The molecule has 1 saturated heterocycles. The molecule has 0 saturated carbocycles. The minimum absolute atomic E-state index is 0.616. The van der Waals surface area contributed by atoms with Gasteiger partial charge in [0, 0.05) is 32.3 Å². The van der Waals surface area contributed by atoms with Gasteiger partial charge in [-0.2, -0.15) is 0 Å². The summed E-state index contributed by atoms with van der Waals surface area (Å²) in [5, 5.41) is 3.53. The van der Waals surface area contributed by atoms with Crippen LogP contribution in [-0.2, 0) is 4.74 Å². The molecule has 3 nitrogen and oxygen atoms in total. The van der Waals surface area contributed by atoms with Crippen LogP contribution in [0.15, 0.2) is 0 Å². The molecular weight excluding hydrogens is 188 g/mol. The summed E-state index contributed by atoms with van der Waals surface area (Å²) in [6.45, 7) is 8.78. The quantitative estimate of drug-likeness (QED) is 0.750. The Morgan fingerprint density at radius 2 is 2.20 bits per heavy atom. The van der Waals surface area contributed by atoms with Gasteiger partial charge in [0.1, 0.15) is 0 Å². The summed E-state index contributed by atoms with van der Waals surface area (Å²) in [4.78, 5) is 2.57. The van der Waals surface area contributed by atoms with Gasteiger partial charge in [0.05, 0.1) is 6.61 Å². The molecule has 1 aliphatic rings. The molecule has 1 aliphatic heterocycles. The standard InChI is InChI=1S/C12H26N2O/c1-11(2)14(8-9-15-3)12-6-4-5-7-13-10-12/h11-13H,4-10H2,1-3H3. The monoisotopic (exact) mass is 214 g/mol. The minimum atomic E-state index is 0.616. The zero-order valence-electron chi connectivity index (χ0n) is 10.5. The van der Waals surface area contributed by atoms with E-state index in [2.05, 4.69) is 24.1 Å². The van der Waals surface area contributed by atoms with E-state index >= 15 is 0 Å². The summed E-state index contributed by atoms with van der Waals surface area (Å²) in [6.07, 6.45) is 4.01. The highest BCUT2D eigenvalue weighted by Gasteiger charge is 2.21. The number of nitrogens with one attached hydrogen (secondary N) is 1. The van der Waals surface area contributed by atoms with Crippen molar-refractivity contribution in [1.82, 2.24) is 10.2 Å². The fraction of sp³-hybridized carbons (Fsp3) is 1.00. The van der Waals surface area contributed by atoms with Crippen LogP contribution < -0.4 is 5.32 Å². The van der Waals surface area contributed by atoms with Crippen molar-refractivity contribution >= 4 is 0 Å². The first kappa shape index (κ1) is 12.9. The number of hydrogen-bond acceptors (Lipinski definition) is 3. The van der Waals surface area contributed by atoms with Gasteiger partial charge in [0.15, 0.2) is 0 Å². The first-order valence-corrected chi connectivity index (χ1v) is 6.21. The lowest BCUT2D eigenvalue weighted by Gasteiger charge is -2.34. The molecule has 3 heteroatoms. The van der Waals surface area contributed by atoms with Crippen LogP contribution in [0, 0.1) is 0 Å². The highest BCUT2D eigenvalue weighted by Crippen LogP contribution is 2.14. The lowest BCUT2D eigenvalue weighted by molar-refractivity contribution is 0.0929. The second kappa shape index (κ2) is 7.20. The zero-order valence-corrected chi connectivity index (χ0v) is 10.5. The topological polar surface area (TPSA) is 24.5 Å². The molecule has 0 aromatic rings. The second-order valence-electron chi connectivity index (χ2n) is 4.68. The predicted octanol–water partition coefficient (Wildman–Crippen LogP) is 1.49. The Bertz CT molecular complexity index is 154. The third-order valence-electron chi connectivity index (χ3n) is 3.21. The number of methoxy groups -OCH3 is 1. The van der Waals surface area contributed by atoms with Gasteiger partial charge in [-0.3, -0.25) is 4.90 Å². The molecular formula is C12H26N2O. The molecule has 1 unspecified atom stereocenters. The maximum atomic E-state index is 5.18. The molecule has 0 amide bonds. The fourth-order valence-corrected chi connectivity index (χ4v) is 2.34. The van der Waals surface area contributed by atoms with Crippen LogP contribution in [0.1, 0.15) is 33.1 Å². The molecule has 0 radical (unpaired) electrons. The van der Waals surface area contributed by atoms with Crippen LogP contribution in [0.4, 0.5) is 0 Å². The highest BCUT2D eigenvalue weighted by molar-refractivity contribution is 4.79. The second-order valence-corrected chi connectivity index (χ2v) is 4.68. The lowest BCUT2D eigenvalue weighted by Crippen LogP contribution is -2.46. The molecule has 1 heterocycles. The SMILES string of the molecule is COCCN(C(C)C)C1CCCCNC1. The third kappa shape index (κ3) is 4.49.